The zero-order valence-corrected chi connectivity index (χ0v) is 10.7. The lowest BCUT2D eigenvalue weighted by Crippen LogP contribution is -2.39. The highest BCUT2D eigenvalue weighted by Gasteiger charge is 2.21. The molecule has 1 aliphatic rings. The van der Waals surface area contributed by atoms with E-state index in [-0.39, 0.29) is 5.82 Å². The van der Waals surface area contributed by atoms with Crippen molar-refractivity contribution in [1.82, 2.24) is 4.90 Å². The van der Waals surface area contributed by atoms with Gasteiger partial charge in [0.25, 0.3) is 0 Å². The molecule has 2 rings (SSSR count). The number of halogens is 1. The molecule has 94 valence electrons. The molecular formula is C14H21FN2. The second-order valence-electron chi connectivity index (χ2n) is 4.64. The summed E-state index contributed by atoms with van der Waals surface area (Å²) in [6.45, 7) is 7.44. The lowest BCUT2D eigenvalue weighted by molar-refractivity contribution is 0.283. The van der Waals surface area contributed by atoms with E-state index in [0.29, 0.717) is 6.04 Å². The molecule has 17 heavy (non-hydrogen) atoms. The van der Waals surface area contributed by atoms with E-state index >= 15 is 0 Å². The van der Waals surface area contributed by atoms with Crippen LogP contribution in [0.2, 0.25) is 0 Å². The molecule has 1 aromatic carbocycles. The average Bonchev–Trinajstić information content (AvgIpc) is 2.37. The van der Waals surface area contributed by atoms with Crippen LogP contribution in [0.25, 0.3) is 0 Å². The molecule has 0 aromatic heterocycles. The van der Waals surface area contributed by atoms with E-state index in [9.17, 15) is 4.39 Å². The minimum atomic E-state index is -0.119. The molecule has 0 spiro atoms. The SMILES string of the molecule is CCN(CC)CC1CCc2cccc(F)c2N1. The van der Waals surface area contributed by atoms with Gasteiger partial charge in [-0.15, -0.1) is 0 Å². The molecule has 1 N–H and O–H groups in total. The maximum atomic E-state index is 13.7. The number of anilines is 1. The maximum absolute atomic E-state index is 13.7. The third kappa shape index (κ3) is 2.78. The predicted octanol–water partition coefficient (Wildman–Crippen LogP) is 2.89. The van der Waals surface area contributed by atoms with Crippen LogP contribution in [0, 0.1) is 5.82 Å². The van der Waals surface area contributed by atoms with Crippen molar-refractivity contribution in [1.29, 1.82) is 0 Å². The molecule has 0 aliphatic carbocycles. The Morgan fingerprint density at radius 2 is 2.12 bits per heavy atom. The molecule has 0 saturated heterocycles. The van der Waals surface area contributed by atoms with Crippen molar-refractivity contribution < 1.29 is 4.39 Å². The Kier molecular flexibility index (Phi) is 4.00. The number of hydrogen-bond acceptors (Lipinski definition) is 2. The lowest BCUT2D eigenvalue weighted by Gasteiger charge is -2.31. The van der Waals surface area contributed by atoms with Crippen molar-refractivity contribution >= 4 is 5.69 Å². The second kappa shape index (κ2) is 5.50. The number of nitrogens with one attached hydrogen (secondary N) is 1. The van der Waals surface area contributed by atoms with E-state index in [4.69, 9.17) is 0 Å². The number of rotatable bonds is 4. The van der Waals surface area contributed by atoms with Gasteiger partial charge in [-0.3, -0.25) is 0 Å². The largest absolute Gasteiger partial charge is 0.378 e. The van der Waals surface area contributed by atoms with Gasteiger partial charge in [0.1, 0.15) is 5.82 Å². The third-order valence-corrected chi connectivity index (χ3v) is 3.58. The molecule has 0 amide bonds. The monoisotopic (exact) mass is 236 g/mol. The summed E-state index contributed by atoms with van der Waals surface area (Å²) in [5, 5.41) is 3.35. The Hall–Kier alpha value is -1.09. The summed E-state index contributed by atoms with van der Waals surface area (Å²) in [6.07, 6.45) is 2.07. The predicted molar refractivity (Wildman–Crippen MR) is 69.9 cm³/mol. The number of fused-ring (bicyclic) bond motifs is 1. The summed E-state index contributed by atoms with van der Waals surface area (Å²) in [4.78, 5) is 2.38. The van der Waals surface area contributed by atoms with E-state index < -0.39 is 0 Å². The van der Waals surface area contributed by atoms with Crippen LogP contribution < -0.4 is 5.32 Å². The second-order valence-corrected chi connectivity index (χ2v) is 4.64. The molecule has 0 fully saturated rings. The van der Waals surface area contributed by atoms with Crippen molar-refractivity contribution in [3.8, 4) is 0 Å². The highest BCUT2D eigenvalue weighted by Crippen LogP contribution is 2.27. The molecule has 1 aromatic rings. The third-order valence-electron chi connectivity index (χ3n) is 3.58. The highest BCUT2D eigenvalue weighted by atomic mass is 19.1. The van der Waals surface area contributed by atoms with Crippen LogP contribution in [-0.2, 0) is 6.42 Å². The highest BCUT2D eigenvalue weighted by molar-refractivity contribution is 5.55. The van der Waals surface area contributed by atoms with Crippen molar-refractivity contribution in [2.45, 2.75) is 32.7 Å². The van der Waals surface area contributed by atoms with Gasteiger partial charge in [0.2, 0.25) is 0 Å². The summed E-state index contributed by atoms with van der Waals surface area (Å²) in [5.74, 6) is -0.119. The van der Waals surface area contributed by atoms with E-state index in [0.717, 1.165) is 43.7 Å². The molecule has 0 bridgehead atoms. The maximum Gasteiger partial charge on any atom is 0.146 e. The summed E-state index contributed by atoms with van der Waals surface area (Å²) in [7, 11) is 0. The molecule has 3 heteroatoms. The summed E-state index contributed by atoms with van der Waals surface area (Å²) >= 11 is 0. The van der Waals surface area contributed by atoms with Gasteiger partial charge in [-0.1, -0.05) is 26.0 Å². The van der Waals surface area contributed by atoms with E-state index in [1.807, 2.05) is 6.07 Å². The quantitative estimate of drug-likeness (QED) is 0.864. The molecule has 0 radical (unpaired) electrons. The normalized spacial score (nSPS) is 18.9. The Morgan fingerprint density at radius 3 is 2.82 bits per heavy atom. The summed E-state index contributed by atoms with van der Waals surface area (Å²) < 4.78 is 13.7. The Morgan fingerprint density at radius 1 is 1.35 bits per heavy atom. The van der Waals surface area contributed by atoms with Gasteiger partial charge in [0, 0.05) is 12.6 Å². The van der Waals surface area contributed by atoms with Crippen LogP contribution in [0.1, 0.15) is 25.8 Å². The van der Waals surface area contributed by atoms with Crippen molar-refractivity contribution in [2.24, 2.45) is 0 Å². The molecule has 0 saturated carbocycles. The zero-order chi connectivity index (χ0) is 12.3. The standard InChI is InChI=1S/C14H21FN2/c1-3-17(4-2)10-12-9-8-11-6-5-7-13(15)14(11)16-12/h5-7,12,16H,3-4,8-10H2,1-2H3. The Labute approximate surface area is 103 Å². The number of aryl methyl sites for hydroxylation is 1. The molecule has 2 nitrogen and oxygen atoms in total. The topological polar surface area (TPSA) is 15.3 Å². The fourth-order valence-corrected chi connectivity index (χ4v) is 2.48. The van der Waals surface area contributed by atoms with E-state index in [1.54, 1.807) is 6.07 Å². The summed E-state index contributed by atoms with van der Waals surface area (Å²) in [6, 6.07) is 5.71. The van der Waals surface area contributed by atoms with Crippen LogP contribution >= 0.6 is 0 Å². The van der Waals surface area contributed by atoms with Crippen LogP contribution in [0.4, 0.5) is 10.1 Å². The average molecular weight is 236 g/mol. The molecule has 1 heterocycles. The number of nitrogens with zero attached hydrogens (tertiary/aromatic N) is 1. The van der Waals surface area contributed by atoms with Gasteiger partial charge in [0.05, 0.1) is 5.69 Å². The number of benzene rings is 1. The summed E-state index contributed by atoms with van der Waals surface area (Å²) in [5.41, 5.74) is 1.83. The van der Waals surface area contributed by atoms with Crippen LogP contribution in [0.5, 0.6) is 0 Å². The number of para-hydroxylation sites is 1. The van der Waals surface area contributed by atoms with Gasteiger partial charge in [-0.25, -0.2) is 4.39 Å². The van der Waals surface area contributed by atoms with Crippen molar-refractivity contribution in [2.75, 3.05) is 25.0 Å². The first-order valence-corrected chi connectivity index (χ1v) is 6.50. The number of likely N-dealkylation sites (N-methyl/N-ethyl adjacent to an activating group) is 1. The van der Waals surface area contributed by atoms with Crippen LogP contribution in [0.3, 0.4) is 0 Å². The molecule has 1 atom stereocenters. The van der Waals surface area contributed by atoms with Gasteiger partial charge in [-0.2, -0.15) is 0 Å². The van der Waals surface area contributed by atoms with Crippen LogP contribution in [0.15, 0.2) is 18.2 Å². The van der Waals surface area contributed by atoms with Gasteiger partial charge >= 0.3 is 0 Å². The minimum absolute atomic E-state index is 0.119. The number of hydrogen-bond donors (Lipinski definition) is 1. The Balaban J connectivity index is 2.05. The fraction of sp³-hybridized carbons (Fsp3) is 0.571. The van der Waals surface area contributed by atoms with Gasteiger partial charge < -0.3 is 10.2 Å². The van der Waals surface area contributed by atoms with Crippen molar-refractivity contribution in [3.05, 3.63) is 29.6 Å². The Bertz CT molecular complexity index is 374. The van der Waals surface area contributed by atoms with Gasteiger partial charge in [-0.05, 0) is 37.6 Å². The minimum Gasteiger partial charge on any atom is -0.378 e. The first kappa shape index (κ1) is 12.4. The van der Waals surface area contributed by atoms with E-state index in [1.165, 1.54) is 6.07 Å². The van der Waals surface area contributed by atoms with E-state index in [2.05, 4.69) is 24.1 Å². The van der Waals surface area contributed by atoms with Gasteiger partial charge in [0.15, 0.2) is 0 Å². The van der Waals surface area contributed by atoms with Crippen LogP contribution in [-0.4, -0.2) is 30.6 Å². The first-order valence-electron chi connectivity index (χ1n) is 6.50. The van der Waals surface area contributed by atoms with Crippen molar-refractivity contribution in [3.63, 3.8) is 0 Å². The zero-order valence-electron chi connectivity index (χ0n) is 10.7. The molecular weight excluding hydrogens is 215 g/mol. The fourth-order valence-electron chi connectivity index (χ4n) is 2.48. The molecule has 1 unspecified atom stereocenters. The smallest absolute Gasteiger partial charge is 0.146 e. The first-order chi connectivity index (χ1) is 8.24. The lowest BCUT2D eigenvalue weighted by atomic mass is 9.97. The molecule has 1 aliphatic heterocycles.